The van der Waals surface area contributed by atoms with Crippen LogP contribution in [0.5, 0.6) is 0 Å². The van der Waals surface area contributed by atoms with E-state index in [0.29, 0.717) is 5.92 Å². The summed E-state index contributed by atoms with van der Waals surface area (Å²) in [6.07, 6.45) is 0. The topological polar surface area (TPSA) is 0 Å². The molecule has 0 bridgehead atoms. The molecular formula is C22H28. The molecule has 1 aliphatic carbocycles. The van der Waals surface area contributed by atoms with Crippen molar-refractivity contribution in [2.24, 2.45) is 5.41 Å². The first kappa shape index (κ1) is 15.3. The highest BCUT2D eigenvalue weighted by molar-refractivity contribution is 5.54. The number of hydrogen-bond donors (Lipinski definition) is 0. The lowest BCUT2D eigenvalue weighted by Gasteiger charge is -2.54. The number of hydrogen-bond acceptors (Lipinski definition) is 0. The van der Waals surface area contributed by atoms with E-state index in [-0.39, 0.29) is 16.2 Å². The molecule has 0 aliphatic heterocycles. The van der Waals surface area contributed by atoms with Crippen molar-refractivity contribution in [3.8, 4) is 0 Å². The molecular weight excluding hydrogens is 264 g/mol. The van der Waals surface area contributed by atoms with Crippen molar-refractivity contribution in [3.63, 3.8) is 0 Å². The molecule has 0 radical (unpaired) electrons. The Morgan fingerprint density at radius 2 is 1.36 bits per heavy atom. The van der Waals surface area contributed by atoms with E-state index in [4.69, 9.17) is 0 Å². The van der Waals surface area contributed by atoms with Crippen molar-refractivity contribution < 1.29 is 0 Å². The van der Waals surface area contributed by atoms with Gasteiger partial charge in [-0.15, -0.1) is 0 Å². The molecule has 0 aromatic heterocycles. The van der Waals surface area contributed by atoms with Crippen molar-refractivity contribution in [3.05, 3.63) is 71.3 Å². The van der Waals surface area contributed by atoms with Gasteiger partial charge in [-0.1, -0.05) is 96.1 Å². The van der Waals surface area contributed by atoms with Gasteiger partial charge in [-0.25, -0.2) is 0 Å². The maximum absolute atomic E-state index is 2.44. The highest BCUT2D eigenvalue weighted by Crippen LogP contribution is 2.66. The first-order chi connectivity index (χ1) is 10.2. The second kappa shape index (κ2) is 4.72. The summed E-state index contributed by atoms with van der Waals surface area (Å²) in [5, 5.41) is 0. The van der Waals surface area contributed by atoms with Crippen LogP contribution in [0, 0.1) is 5.41 Å². The van der Waals surface area contributed by atoms with Gasteiger partial charge in [-0.3, -0.25) is 0 Å². The van der Waals surface area contributed by atoms with E-state index in [9.17, 15) is 0 Å². The van der Waals surface area contributed by atoms with Gasteiger partial charge in [0, 0.05) is 10.8 Å². The Morgan fingerprint density at radius 1 is 0.818 bits per heavy atom. The molecule has 22 heavy (non-hydrogen) atoms. The smallest absolute Gasteiger partial charge is 0.0159 e. The monoisotopic (exact) mass is 292 g/mol. The fourth-order valence-corrected chi connectivity index (χ4v) is 5.76. The molecule has 0 heteroatoms. The highest BCUT2D eigenvalue weighted by atomic mass is 14.6. The average Bonchev–Trinajstić information content (AvgIpc) is 2.65. The molecule has 0 fully saturated rings. The minimum atomic E-state index is 0.0882. The molecule has 3 rings (SSSR count). The van der Waals surface area contributed by atoms with Crippen LogP contribution in [0.2, 0.25) is 0 Å². The molecule has 0 amide bonds. The Hall–Kier alpha value is -1.56. The van der Waals surface area contributed by atoms with E-state index >= 15 is 0 Å². The summed E-state index contributed by atoms with van der Waals surface area (Å²) < 4.78 is 0. The SMILES string of the molecule is CC1c2ccccc2C(C)(C)C1(c1ccccc1)C(C)(C)C. The molecule has 0 spiro atoms. The molecule has 2 atom stereocenters. The van der Waals surface area contributed by atoms with Crippen LogP contribution in [0.25, 0.3) is 0 Å². The van der Waals surface area contributed by atoms with E-state index in [1.807, 2.05) is 0 Å². The molecule has 2 aromatic rings. The average molecular weight is 292 g/mol. The predicted molar refractivity (Wildman–Crippen MR) is 95.5 cm³/mol. The number of benzene rings is 2. The van der Waals surface area contributed by atoms with E-state index in [1.54, 1.807) is 0 Å². The zero-order valence-electron chi connectivity index (χ0n) is 14.8. The zero-order valence-corrected chi connectivity index (χ0v) is 14.8. The normalized spacial score (nSPS) is 26.7. The minimum absolute atomic E-state index is 0.0882. The van der Waals surface area contributed by atoms with Gasteiger partial charge >= 0.3 is 0 Å². The van der Waals surface area contributed by atoms with Gasteiger partial charge in [-0.05, 0) is 28.0 Å². The van der Waals surface area contributed by atoms with Crippen molar-refractivity contribution in [2.45, 2.75) is 58.3 Å². The molecule has 0 saturated carbocycles. The van der Waals surface area contributed by atoms with Crippen molar-refractivity contribution in [2.75, 3.05) is 0 Å². The van der Waals surface area contributed by atoms with Gasteiger partial charge in [0.05, 0.1) is 0 Å². The summed E-state index contributed by atoms with van der Waals surface area (Å²) in [6.45, 7) is 14.5. The van der Waals surface area contributed by atoms with Crippen LogP contribution in [0.4, 0.5) is 0 Å². The van der Waals surface area contributed by atoms with Crippen LogP contribution in [-0.4, -0.2) is 0 Å². The Morgan fingerprint density at radius 3 is 1.91 bits per heavy atom. The molecule has 2 aromatic carbocycles. The maximum atomic E-state index is 2.44. The van der Waals surface area contributed by atoms with Crippen LogP contribution in [0.1, 0.15) is 64.2 Å². The van der Waals surface area contributed by atoms with Gasteiger partial charge in [0.2, 0.25) is 0 Å². The lowest BCUT2D eigenvalue weighted by atomic mass is 9.48. The van der Waals surface area contributed by atoms with Gasteiger partial charge in [0.15, 0.2) is 0 Å². The van der Waals surface area contributed by atoms with Crippen LogP contribution in [-0.2, 0) is 10.8 Å². The first-order valence-corrected chi connectivity index (χ1v) is 8.39. The molecule has 1 aliphatic rings. The summed E-state index contributed by atoms with van der Waals surface area (Å²) in [5.41, 5.74) is 4.85. The number of fused-ring (bicyclic) bond motifs is 1. The van der Waals surface area contributed by atoms with Gasteiger partial charge < -0.3 is 0 Å². The largest absolute Gasteiger partial charge is 0.0622 e. The van der Waals surface area contributed by atoms with Crippen LogP contribution in [0.15, 0.2) is 54.6 Å². The standard InChI is InChI=1S/C22H28/c1-16-18-14-10-11-15-19(18)21(5,6)22(16,20(2,3)4)17-12-8-7-9-13-17/h7-16H,1-6H3. The zero-order chi connectivity index (χ0) is 16.2. The van der Waals surface area contributed by atoms with E-state index in [0.717, 1.165) is 0 Å². The van der Waals surface area contributed by atoms with Crippen LogP contribution in [0.3, 0.4) is 0 Å². The lowest BCUT2D eigenvalue weighted by Crippen LogP contribution is -2.53. The molecule has 2 unspecified atom stereocenters. The molecule has 0 nitrogen and oxygen atoms in total. The molecule has 0 heterocycles. The van der Waals surface area contributed by atoms with Crippen LogP contribution < -0.4 is 0 Å². The fourth-order valence-electron chi connectivity index (χ4n) is 5.76. The van der Waals surface area contributed by atoms with Gasteiger partial charge in [-0.2, -0.15) is 0 Å². The minimum Gasteiger partial charge on any atom is -0.0622 e. The molecule has 0 N–H and O–H groups in total. The third-order valence-electron chi connectivity index (χ3n) is 6.15. The van der Waals surface area contributed by atoms with Crippen molar-refractivity contribution in [1.82, 2.24) is 0 Å². The number of rotatable bonds is 1. The Labute approximate surface area is 135 Å². The second-order valence-corrected chi connectivity index (χ2v) is 8.36. The highest BCUT2D eigenvalue weighted by Gasteiger charge is 2.62. The molecule has 116 valence electrons. The van der Waals surface area contributed by atoms with Crippen LogP contribution >= 0.6 is 0 Å². The second-order valence-electron chi connectivity index (χ2n) is 8.36. The summed E-state index contributed by atoms with van der Waals surface area (Å²) in [6, 6.07) is 20.2. The van der Waals surface area contributed by atoms with Crippen molar-refractivity contribution >= 4 is 0 Å². The Kier molecular flexibility index (Phi) is 3.29. The Balaban J connectivity index is 2.38. The third kappa shape index (κ3) is 1.70. The summed E-state index contributed by atoms with van der Waals surface area (Å²) >= 11 is 0. The fraction of sp³-hybridized carbons (Fsp3) is 0.455. The third-order valence-corrected chi connectivity index (χ3v) is 6.15. The molecule has 0 saturated heterocycles. The summed E-state index contributed by atoms with van der Waals surface area (Å²) in [4.78, 5) is 0. The van der Waals surface area contributed by atoms with E-state index in [1.165, 1.54) is 16.7 Å². The summed E-state index contributed by atoms with van der Waals surface area (Å²) in [7, 11) is 0. The first-order valence-electron chi connectivity index (χ1n) is 8.39. The van der Waals surface area contributed by atoms with E-state index in [2.05, 4.69) is 96.1 Å². The lowest BCUT2D eigenvalue weighted by molar-refractivity contribution is 0.0864. The van der Waals surface area contributed by atoms with E-state index < -0.39 is 0 Å². The van der Waals surface area contributed by atoms with Gasteiger partial charge in [0.25, 0.3) is 0 Å². The predicted octanol–water partition coefficient (Wildman–Crippen LogP) is 6.07. The van der Waals surface area contributed by atoms with Gasteiger partial charge in [0.1, 0.15) is 0 Å². The Bertz CT molecular complexity index is 673. The quantitative estimate of drug-likeness (QED) is 0.599. The van der Waals surface area contributed by atoms with Crippen molar-refractivity contribution in [1.29, 1.82) is 0 Å². The maximum Gasteiger partial charge on any atom is 0.0159 e. The summed E-state index contributed by atoms with van der Waals surface area (Å²) in [5.74, 6) is 0.501.